The Hall–Kier alpha value is -1.79. The number of hydrogen-bond donors (Lipinski definition) is 2. The van der Waals surface area contributed by atoms with E-state index >= 15 is 0 Å². The first-order chi connectivity index (χ1) is 8.40. The molecule has 0 unspecified atom stereocenters. The molecule has 0 fully saturated rings. The van der Waals surface area contributed by atoms with Gasteiger partial charge in [-0.2, -0.15) is 13.2 Å². The van der Waals surface area contributed by atoms with Gasteiger partial charge in [-0.3, -0.25) is 4.79 Å². The first-order valence-corrected chi connectivity index (χ1v) is 5.45. The standard InChI is InChI=1S/C11H14F3N3O/c12-11(13,14)5-1-2-6-17-10(18)8-4-3-7-16-9(8)15/h3-4,7H,1-2,5-6H2,(H2,15,16)(H,17,18). The van der Waals surface area contributed by atoms with Crippen molar-refractivity contribution >= 4 is 11.7 Å². The number of hydrogen-bond acceptors (Lipinski definition) is 3. The zero-order chi connectivity index (χ0) is 13.6. The molecule has 1 amide bonds. The van der Waals surface area contributed by atoms with E-state index in [-0.39, 0.29) is 30.8 Å². The van der Waals surface area contributed by atoms with Crippen molar-refractivity contribution in [1.82, 2.24) is 10.3 Å². The first kappa shape index (κ1) is 14.3. The molecular formula is C11H14F3N3O. The maximum atomic E-state index is 11.8. The number of amides is 1. The number of nitrogen functional groups attached to an aromatic ring is 1. The molecule has 0 saturated heterocycles. The van der Waals surface area contributed by atoms with E-state index in [1.165, 1.54) is 12.3 Å². The molecule has 7 heteroatoms. The van der Waals surface area contributed by atoms with Crippen molar-refractivity contribution < 1.29 is 18.0 Å². The monoisotopic (exact) mass is 261 g/mol. The van der Waals surface area contributed by atoms with Crippen molar-refractivity contribution in [2.24, 2.45) is 0 Å². The minimum Gasteiger partial charge on any atom is -0.383 e. The summed E-state index contributed by atoms with van der Waals surface area (Å²) >= 11 is 0. The molecule has 0 saturated carbocycles. The van der Waals surface area contributed by atoms with Crippen molar-refractivity contribution in [3.63, 3.8) is 0 Å². The maximum absolute atomic E-state index is 11.8. The molecule has 3 N–H and O–H groups in total. The fourth-order valence-corrected chi connectivity index (χ4v) is 1.36. The van der Waals surface area contributed by atoms with Crippen LogP contribution in [-0.2, 0) is 0 Å². The third-order valence-corrected chi connectivity index (χ3v) is 2.26. The fourth-order valence-electron chi connectivity index (χ4n) is 1.36. The molecule has 0 atom stereocenters. The number of rotatable bonds is 5. The zero-order valence-corrected chi connectivity index (χ0v) is 9.63. The SMILES string of the molecule is Nc1ncccc1C(=O)NCCCCC(F)(F)F. The van der Waals surface area contributed by atoms with Crippen LogP contribution < -0.4 is 11.1 Å². The normalized spacial score (nSPS) is 11.3. The second kappa shape index (κ2) is 6.23. The van der Waals surface area contributed by atoms with Crippen LogP contribution in [0.5, 0.6) is 0 Å². The number of anilines is 1. The number of halogens is 3. The van der Waals surface area contributed by atoms with Gasteiger partial charge in [-0.05, 0) is 25.0 Å². The van der Waals surface area contributed by atoms with Crippen LogP contribution >= 0.6 is 0 Å². The van der Waals surface area contributed by atoms with Gasteiger partial charge >= 0.3 is 6.18 Å². The third kappa shape index (κ3) is 5.03. The van der Waals surface area contributed by atoms with E-state index in [2.05, 4.69) is 10.3 Å². The third-order valence-electron chi connectivity index (χ3n) is 2.26. The van der Waals surface area contributed by atoms with Gasteiger partial charge in [0.2, 0.25) is 0 Å². The number of unbranched alkanes of at least 4 members (excludes halogenated alkanes) is 1. The number of alkyl halides is 3. The molecule has 0 aliphatic heterocycles. The molecule has 0 radical (unpaired) electrons. The average Bonchev–Trinajstić information content (AvgIpc) is 2.27. The van der Waals surface area contributed by atoms with Gasteiger partial charge in [-0.25, -0.2) is 4.98 Å². The van der Waals surface area contributed by atoms with Crippen LogP contribution in [0, 0.1) is 0 Å². The van der Waals surface area contributed by atoms with Crippen LogP contribution in [0.3, 0.4) is 0 Å². The molecule has 4 nitrogen and oxygen atoms in total. The second-order valence-corrected chi connectivity index (χ2v) is 3.76. The van der Waals surface area contributed by atoms with E-state index in [9.17, 15) is 18.0 Å². The van der Waals surface area contributed by atoms with Crippen molar-refractivity contribution in [2.45, 2.75) is 25.4 Å². The van der Waals surface area contributed by atoms with E-state index in [1.54, 1.807) is 6.07 Å². The highest BCUT2D eigenvalue weighted by Crippen LogP contribution is 2.21. The highest BCUT2D eigenvalue weighted by atomic mass is 19.4. The summed E-state index contributed by atoms with van der Waals surface area (Å²) in [5.41, 5.74) is 5.72. The van der Waals surface area contributed by atoms with Gasteiger partial charge in [0.25, 0.3) is 5.91 Å². The van der Waals surface area contributed by atoms with Gasteiger partial charge in [0.05, 0.1) is 5.56 Å². The Morgan fingerprint density at radius 1 is 1.39 bits per heavy atom. The smallest absolute Gasteiger partial charge is 0.383 e. The number of carbonyl (C=O) groups excluding carboxylic acids is 1. The Balaban J connectivity index is 2.28. The predicted octanol–water partition coefficient (Wildman–Crippen LogP) is 2.13. The number of pyridine rings is 1. The molecule has 1 aromatic rings. The lowest BCUT2D eigenvalue weighted by Gasteiger charge is -2.08. The van der Waals surface area contributed by atoms with Gasteiger partial charge in [-0.1, -0.05) is 0 Å². The molecule has 0 aliphatic carbocycles. The van der Waals surface area contributed by atoms with E-state index in [4.69, 9.17) is 5.73 Å². The minimum atomic E-state index is -4.14. The summed E-state index contributed by atoms with van der Waals surface area (Å²) in [4.78, 5) is 15.3. The summed E-state index contributed by atoms with van der Waals surface area (Å²) in [5, 5.41) is 2.50. The van der Waals surface area contributed by atoms with Crippen molar-refractivity contribution in [2.75, 3.05) is 12.3 Å². The highest BCUT2D eigenvalue weighted by Gasteiger charge is 2.25. The van der Waals surface area contributed by atoms with Crippen LogP contribution in [0.1, 0.15) is 29.6 Å². The summed E-state index contributed by atoms with van der Waals surface area (Å²) in [6.07, 6.45) is -3.26. The quantitative estimate of drug-likeness (QED) is 0.798. The number of nitrogens with one attached hydrogen (secondary N) is 1. The first-order valence-electron chi connectivity index (χ1n) is 5.45. The summed E-state index contributed by atoms with van der Waals surface area (Å²) in [6.45, 7) is 0.184. The maximum Gasteiger partial charge on any atom is 0.389 e. The summed E-state index contributed by atoms with van der Waals surface area (Å²) in [7, 11) is 0. The van der Waals surface area contributed by atoms with Crippen LogP contribution in [0.25, 0.3) is 0 Å². The number of nitrogens with two attached hydrogens (primary N) is 1. The van der Waals surface area contributed by atoms with Gasteiger partial charge in [-0.15, -0.1) is 0 Å². The number of aromatic nitrogens is 1. The minimum absolute atomic E-state index is 0.00764. The van der Waals surface area contributed by atoms with E-state index in [0.29, 0.717) is 0 Å². The summed E-state index contributed by atoms with van der Waals surface area (Å²) in [6, 6.07) is 3.07. The van der Waals surface area contributed by atoms with Gasteiger partial charge in [0.1, 0.15) is 5.82 Å². The van der Waals surface area contributed by atoms with E-state index < -0.39 is 18.5 Å². The van der Waals surface area contributed by atoms with Gasteiger partial charge in [0.15, 0.2) is 0 Å². The molecule has 1 aromatic heterocycles. The average molecular weight is 261 g/mol. The molecule has 18 heavy (non-hydrogen) atoms. The summed E-state index contributed by atoms with van der Waals surface area (Å²) < 4.78 is 35.5. The Labute approximate surface area is 102 Å². The van der Waals surface area contributed by atoms with Gasteiger partial charge in [0, 0.05) is 19.2 Å². The molecule has 0 aromatic carbocycles. The Morgan fingerprint density at radius 2 is 2.11 bits per heavy atom. The number of nitrogens with zero attached hydrogens (tertiary/aromatic N) is 1. The lowest BCUT2D eigenvalue weighted by atomic mass is 10.2. The predicted molar refractivity (Wildman–Crippen MR) is 60.9 cm³/mol. The Morgan fingerprint density at radius 3 is 2.72 bits per heavy atom. The zero-order valence-electron chi connectivity index (χ0n) is 9.63. The lowest BCUT2D eigenvalue weighted by Crippen LogP contribution is -2.25. The van der Waals surface area contributed by atoms with Crippen LogP contribution in [-0.4, -0.2) is 23.6 Å². The lowest BCUT2D eigenvalue weighted by molar-refractivity contribution is -0.135. The molecule has 0 bridgehead atoms. The van der Waals surface area contributed by atoms with Crippen LogP contribution in [0.15, 0.2) is 18.3 Å². The van der Waals surface area contributed by atoms with Crippen LogP contribution in [0.4, 0.5) is 19.0 Å². The molecule has 0 aliphatic rings. The Bertz CT molecular complexity index is 407. The molecule has 1 heterocycles. The van der Waals surface area contributed by atoms with Crippen molar-refractivity contribution in [1.29, 1.82) is 0 Å². The largest absolute Gasteiger partial charge is 0.389 e. The second-order valence-electron chi connectivity index (χ2n) is 3.76. The van der Waals surface area contributed by atoms with E-state index in [0.717, 1.165) is 0 Å². The van der Waals surface area contributed by atoms with Gasteiger partial charge < -0.3 is 11.1 Å². The topological polar surface area (TPSA) is 68.0 Å². The molecule has 100 valence electrons. The fraction of sp³-hybridized carbons (Fsp3) is 0.455. The molecule has 1 rings (SSSR count). The van der Waals surface area contributed by atoms with E-state index in [1.807, 2.05) is 0 Å². The highest BCUT2D eigenvalue weighted by molar-refractivity contribution is 5.98. The van der Waals surface area contributed by atoms with Crippen molar-refractivity contribution in [3.8, 4) is 0 Å². The van der Waals surface area contributed by atoms with Crippen LogP contribution in [0.2, 0.25) is 0 Å². The molecule has 0 spiro atoms. The summed E-state index contributed by atoms with van der Waals surface area (Å²) in [5.74, 6) is -0.321. The molecular weight excluding hydrogens is 247 g/mol. The van der Waals surface area contributed by atoms with Crippen molar-refractivity contribution in [3.05, 3.63) is 23.9 Å². The number of carbonyl (C=O) groups is 1. The Kier molecular flexibility index (Phi) is 4.94.